The zero-order chi connectivity index (χ0) is 35.6. The minimum Gasteiger partial charge on any atom is -0.493 e. The number of hydrogen-bond donors (Lipinski definition) is 0. The lowest BCUT2D eigenvalue weighted by atomic mass is 10.1. The first-order valence-electron chi connectivity index (χ1n) is 17.5. The van der Waals surface area contributed by atoms with Crippen LogP contribution in [0.5, 0.6) is 46.0 Å². The Bertz CT molecular complexity index is 1440. The Kier molecular flexibility index (Phi) is 16.4. The Morgan fingerprint density at radius 1 is 0.429 bits per heavy atom. The van der Waals surface area contributed by atoms with Crippen LogP contribution in [0.15, 0.2) is 42.5 Å². The van der Waals surface area contributed by atoms with Crippen molar-refractivity contribution in [2.24, 2.45) is 0 Å². The van der Waals surface area contributed by atoms with Crippen molar-refractivity contribution in [2.45, 2.75) is 87.0 Å². The number of benzene rings is 3. The van der Waals surface area contributed by atoms with Gasteiger partial charge in [-0.2, -0.15) is 0 Å². The number of esters is 2. The van der Waals surface area contributed by atoms with Gasteiger partial charge in [-0.15, -0.1) is 0 Å². The summed E-state index contributed by atoms with van der Waals surface area (Å²) in [7, 11) is 0. The number of aryl methyl sites for hydroxylation is 1. The lowest BCUT2D eigenvalue weighted by molar-refractivity contribution is 0.0707. The second kappa shape index (κ2) is 20.7. The summed E-state index contributed by atoms with van der Waals surface area (Å²) in [6.45, 7) is 16.3. The van der Waals surface area contributed by atoms with Gasteiger partial charge in [0.05, 0.1) is 39.6 Å². The van der Waals surface area contributed by atoms with Crippen molar-refractivity contribution in [2.75, 3.05) is 39.6 Å². The van der Waals surface area contributed by atoms with E-state index in [0.29, 0.717) is 79.7 Å². The fourth-order valence-electron chi connectivity index (χ4n) is 4.55. The van der Waals surface area contributed by atoms with Gasteiger partial charge in [-0.25, -0.2) is 9.59 Å². The molecule has 0 aliphatic heterocycles. The Morgan fingerprint density at radius 2 is 0.776 bits per heavy atom. The van der Waals surface area contributed by atoms with Crippen molar-refractivity contribution >= 4 is 11.9 Å². The van der Waals surface area contributed by atoms with E-state index in [1.807, 2.05) is 41.5 Å². The largest absolute Gasteiger partial charge is 0.493 e. The van der Waals surface area contributed by atoms with Crippen LogP contribution in [0.4, 0.5) is 0 Å². The van der Waals surface area contributed by atoms with E-state index in [0.717, 1.165) is 38.5 Å². The lowest BCUT2D eigenvalue weighted by Crippen LogP contribution is -2.15. The molecule has 0 aromatic heterocycles. The maximum Gasteiger partial charge on any atom is 0.351 e. The molecule has 0 saturated heterocycles. The highest BCUT2D eigenvalue weighted by molar-refractivity contribution is 5.98. The molecule has 0 fully saturated rings. The van der Waals surface area contributed by atoms with Crippen LogP contribution < -0.4 is 37.9 Å². The molecular formula is C39H52O10. The topological polar surface area (TPSA) is 108 Å². The summed E-state index contributed by atoms with van der Waals surface area (Å²) < 4.78 is 47.3. The Morgan fingerprint density at radius 3 is 1.12 bits per heavy atom. The molecule has 0 unspecified atom stereocenters. The van der Waals surface area contributed by atoms with Crippen molar-refractivity contribution < 1.29 is 47.5 Å². The molecule has 0 N–H and O–H groups in total. The molecule has 0 saturated carbocycles. The molecule has 0 aliphatic rings. The predicted molar refractivity (Wildman–Crippen MR) is 189 cm³/mol. The smallest absolute Gasteiger partial charge is 0.351 e. The van der Waals surface area contributed by atoms with E-state index in [1.54, 1.807) is 49.4 Å². The van der Waals surface area contributed by atoms with E-state index in [4.69, 9.17) is 37.9 Å². The van der Waals surface area contributed by atoms with Crippen molar-refractivity contribution in [3.05, 3.63) is 59.2 Å². The molecule has 3 rings (SSSR count). The molecule has 3 aromatic carbocycles. The lowest BCUT2D eigenvalue weighted by Gasteiger charge is -2.18. The van der Waals surface area contributed by atoms with Gasteiger partial charge in [-0.1, -0.05) is 41.5 Å². The molecule has 0 radical (unpaired) electrons. The van der Waals surface area contributed by atoms with Gasteiger partial charge in [0.15, 0.2) is 0 Å². The van der Waals surface area contributed by atoms with Gasteiger partial charge in [0.2, 0.25) is 0 Å². The van der Waals surface area contributed by atoms with Crippen molar-refractivity contribution in [3.63, 3.8) is 0 Å². The summed E-state index contributed by atoms with van der Waals surface area (Å²) in [6, 6.07) is 11.5. The van der Waals surface area contributed by atoms with E-state index >= 15 is 0 Å². The number of hydrogen-bond acceptors (Lipinski definition) is 10. The van der Waals surface area contributed by atoms with E-state index in [9.17, 15) is 9.59 Å². The third-order valence-corrected chi connectivity index (χ3v) is 6.84. The minimum atomic E-state index is -0.649. The maximum absolute atomic E-state index is 13.7. The monoisotopic (exact) mass is 680 g/mol. The molecule has 0 aliphatic carbocycles. The Labute approximate surface area is 290 Å². The van der Waals surface area contributed by atoms with Crippen molar-refractivity contribution in [1.82, 2.24) is 0 Å². The molecule has 10 nitrogen and oxygen atoms in total. The molecule has 10 heteroatoms. The van der Waals surface area contributed by atoms with E-state index in [2.05, 4.69) is 0 Å². The zero-order valence-corrected chi connectivity index (χ0v) is 30.1. The van der Waals surface area contributed by atoms with Gasteiger partial charge in [0.1, 0.15) is 57.1 Å². The van der Waals surface area contributed by atoms with Gasteiger partial charge in [0, 0.05) is 24.3 Å². The van der Waals surface area contributed by atoms with Crippen LogP contribution in [0.2, 0.25) is 0 Å². The zero-order valence-electron chi connectivity index (χ0n) is 30.1. The SMILES string of the molecule is CCCOc1cc(OCCC)c(C(=O)Oc2ccc(OC(=O)c3c(OCCC)cc(OCCC)cc3OCCC)c(C)c2)c(OCCC)c1. The maximum atomic E-state index is 13.7. The Balaban J connectivity index is 1.91. The summed E-state index contributed by atoms with van der Waals surface area (Å²) in [5.41, 5.74) is 0.914. The number of carbonyl (C=O) groups is 2. The van der Waals surface area contributed by atoms with Gasteiger partial charge >= 0.3 is 11.9 Å². The number of carbonyl (C=O) groups excluding carboxylic acids is 2. The fourth-order valence-corrected chi connectivity index (χ4v) is 4.55. The van der Waals surface area contributed by atoms with Crippen LogP contribution in [0.1, 0.15) is 106 Å². The average molecular weight is 681 g/mol. The number of rotatable bonds is 22. The first kappa shape index (κ1) is 38.8. The second-order valence-electron chi connectivity index (χ2n) is 11.4. The highest BCUT2D eigenvalue weighted by Crippen LogP contribution is 2.38. The standard InChI is InChI=1S/C39H52O10/c1-8-16-42-29-23-32(44-18-10-3)36(33(24-29)45-19-11-4)38(40)48-28-14-15-31(27(7)22-28)49-39(41)37-34(46-20-12-5)25-30(43-17-9-2)26-35(37)47-21-13-6/h14-15,22-26H,8-13,16-21H2,1-7H3. The molecule has 268 valence electrons. The van der Waals surface area contributed by atoms with Crippen LogP contribution in [0, 0.1) is 6.92 Å². The number of ether oxygens (including phenoxy) is 8. The van der Waals surface area contributed by atoms with E-state index in [1.165, 1.54) is 0 Å². The molecule has 3 aromatic rings. The first-order valence-corrected chi connectivity index (χ1v) is 17.5. The van der Waals surface area contributed by atoms with Gasteiger partial charge in [-0.05, 0) is 69.2 Å². The highest BCUT2D eigenvalue weighted by atomic mass is 16.6. The summed E-state index contributed by atoms with van der Waals surface area (Å²) in [6.07, 6.45) is 4.63. The summed E-state index contributed by atoms with van der Waals surface area (Å²) >= 11 is 0. The second-order valence-corrected chi connectivity index (χ2v) is 11.4. The summed E-state index contributed by atoms with van der Waals surface area (Å²) in [4.78, 5) is 27.4. The summed E-state index contributed by atoms with van der Waals surface area (Å²) in [5, 5.41) is 0. The van der Waals surface area contributed by atoms with Gasteiger partial charge in [0.25, 0.3) is 0 Å². The normalized spacial score (nSPS) is 10.7. The van der Waals surface area contributed by atoms with E-state index < -0.39 is 11.9 Å². The van der Waals surface area contributed by atoms with Crippen LogP contribution >= 0.6 is 0 Å². The Hall–Kier alpha value is -4.60. The molecular weight excluding hydrogens is 628 g/mol. The fraction of sp³-hybridized carbons (Fsp3) is 0.487. The quantitative estimate of drug-likeness (QED) is 0.0753. The molecule has 0 spiro atoms. The average Bonchev–Trinajstić information content (AvgIpc) is 3.10. The molecule has 0 heterocycles. The van der Waals surface area contributed by atoms with Gasteiger partial charge in [-0.3, -0.25) is 0 Å². The minimum absolute atomic E-state index is 0.171. The first-order chi connectivity index (χ1) is 23.8. The van der Waals surface area contributed by atoms with Crippen molar-refractivity contribution in [1.29, 1.82) is 0 Å². The third kappa shape index (κ3) is 11.5. The highest BCUT2D eigenvalue weighted by Gasteiger charge is 2.26. The molecule has 0 atom stereocenters. The van der Waals surface area contributed by atoms with Gasteiger partial charge < -0.3 is 37.9 Å². The predicted octanol–water partition coefficient (Wildman–Crippen LogP) is 9.17. The molecule has 0 amide bonds. The van der Waals surface area contributed by atoms with E-state index in [-0.39, 0.29) is 22.6 Å². The molecule has 49 heavy (non-hydrogen) atoms. The van der Waals surface area contributed by atoms with Crippen molar-refractivity contribution in [3.8, 4) is 46.0 Å². The van der Waals surface area contributed by atoms with Crippen LogP contribution in [-0.2, 0) is 0 Å². The van der Waals surface area contributed by atoms with Crippen LogP contribution in [-0.4, -0.2) is 51.6 Å². The van der Waals surface area contributed by atoms with Crippen LogP contribution in [0.25, 0.3) is 0 Å². The summed E-state index contributed by atoms with van der Waals surface area (Å²) in [5.74, 6) is 1.63. The van der Waals surface area contributed by atoms with Crippen LogP contribution in [0.3, 0.4) is 0 Å². The third-order valence-electron chi connectivity index (χ3n) is 6.84. The molecule has 0 bridgehead atoms.